The first kappa shape index (κ1) is 31.4. The molecular weight excluding hydrogens is 534 g/mol. The molecule has 4 rings (SSSR count). The van der Waals surface area contributed by atoms with Gasteiger partial charge in [0.2, 0.25) is 17.7 Å². The molecule has 1 aromatic rings. The average Bonchev–Trinajstić information content (AvgIpc) is 3.55. The van der Waals surface area contributed by atoms with Crippen molar-refractivity contribution in [3.63, 3.8) is 0 Å². The van der Waals surface area contributed by atoms with Crippen LogP contribution in [0.5, 0.6) is 0 Å². The van der Waals surface area contributed by atoms with E-state index in [-0.39, 0.29) is 41.5 Å². The van der Waals surface area contributed by atoms with Gasteiger partial charge in [0.25, 0.3) is 0 Å². The standard InChI is InChI=1S/C33H47N3O4S/c1-6-14-24(5)35(18-8-3)32(40)29-33-23(4)21-26(41-33)27(28(33)31(39)36(29)19-12-13-20-37)30(38)34(17-7-2)22-25-15-10-9-11-16-25/h7-11,15-16,23-24,26-29,37H,2-3,6,12-14,17-22H2,1,4-5H3/t23?,24?,26-,27+,28+,29?,33?/m1/s1. The highest BCUT2D eigenvalue weighted by Gasteiger charge is 2.76. The lowest BCUT2D eigenvalue weighted by Gasteiger charge is -2.42. The Morgan fingerprint density at radius 2 is 1.88 bits per heavy atom. The summed E-state index contributed by atoms with van der Waals surface area (Å²) in [6, 6.07) is 9.27. The van der Waals surface area contributed by atoms with E-state index in [9.17, 15) is 19.5 Å². The van der Waals surface area contributed by atoms with Gasteiger partial charge >= 0.3 is 0 Å². The third-order valence-corrected chi connectivity index (χ3v) is 11.4. The van der Waals surface area contributed by atoms with Crippen molar-refractivity contribution in [3.05, 3.63) is 61.2 Å². The number of benzene rings is 1. The van der Waals surface area contributed by atoms with Crippen molar-refractivity contribution < 1.29 is 19.5 Å². The molecule has 3 aliphatic heterocycles. The van der Waals surface area contributed by atoms with Gasteiger partial charge in [-0.3, -0.25) is 14.4 Å². The summed E-state index contributed by atoms with van der Waals surface area (Å²) in [4.78, 5) is 48.8. The molecule has 8 heteroatoms. The minimum atomic E-state index is -0.656. The van der Waals surface area contributed by atoms with Gasteiger partial charge in [0.15, 0.2) is 0 Å². The second kappa shape index (κ2) is 13.6. The first-order valence-electron chi connectivity index (χ1n) is 15.2. The maximum atomic E-state index is 14.6. The zero-order chi connectivity index (χ0) is 29.7. The number of aliphatic hydroxyl groups excluding tert-OH is 1. The average molecular weight is 582 g/mol. The van der Waals surface area contributed by atoms with Crippen LogP contribution in [0.25, 0.3) is 0 Å². The zero-order valence-electron chi connectivity index (χ0n) is 24.9. The van der Waals surface area contributed by atoms with Gasteiger partial charge in [0, 0.05) is 44.1 Å². The topological polar surface area (TPSA) is 81.2 Å². The van der Waals surface area contributed by atoms with Gasteiger partial charge in [0.05, 0.1) is 16.6 Å². The number of carbonyl (C=O) groups excluding carboxylic acids is 3. The summed E-state index contributed by atoms with van der Waals surface area (Å²) in [6.45, 7) is 15.9. The molecule has 0 aromatic heterocycles. The highest BCUT2D eigenvalue weighted by Crippen LogP contribution is 2.69. The summed E-state index contributed by atoms with van der Waals surface area (Å²) in [5, 5.41) is 9.46. The Hall–Kier alpha value is -2.58. The van der Waals surface area contributed by atoms with Crippen LogP contribution in [0.4, 0.5) is 0 Å². The lowest BCUT2D eigenvalue weighted by molar-refractivity contribution is -0.145. The number of unbranched alkanes of at least 4 members (excludes halogenated alkanes) is 1. The summed E-state index contributed by atoms with van der Waals surface area (Å²) in [7, 11) is 0. The maximum absolute atomic E-state index is 14.6. The molecule has 0 saturated carbocycles. The SMILES string of the molecule is C=CCN(Cc1ccccc1)C(=O)[C@@H]1[C@H]2C(=O)N(CCCCO)C(C(=O)N(CC=C)C(C)CCC)C23S[C@@H]1CC3C. The molecule has 7 atom stereocenters. The van der Waals surface area contributed by atoms with Gasteiger partial charge in [-0.15, -0.1) is 24.9 Å². The fraction of sp³-hybridized carbons (Fsp3) is 0.606. The van der Waals surface area contributed by atoms with E-state index in [1.165, 1.54) is 0 Å². The zero-order valence-corrected chi connectivity index (χ0v) is 25.7. The van der Waals surface area contributed by atoms with E-state index in [1.807, 2.05) is 40.1 Å². The lowest BCUT2D eigenvalue weighted by Crippen LogP contribution is -2.58. The van der Waals surface area contributed by atoms with Crippen molar-refractivity contribution in [2.24, 2.45) is 17.8 Å². The second-order valence-corrected chi connectivity index (χ2v) is 13.5. The molecule has 0 radical (unpaired) electrons. The van der Waals surface area contributed by atoms with Crippen molar-refractivity contribution in [2.45, 2.75) is 81.5 Å². The molecule has 3 heterocycles. The van der Waals surface area contributed by atoms with E-state index >= 15 is 0 Å². The predicted molar refractivity (Wildman–Crippen MR) is 165 cm³/mol. The Kier molecular flexibility index (Phi) is 10.4. The minimum absolute atomic E-state index is 0.00894. The van der Waals surface area contributed by atoms with E-state index in [4.69, 9.17) is 0 Å². The quantitative estimate of drug-likeness (QED) is 0.244. The summed E-state index contributed by atoms with van der Waals surface area (Å²) < 4.78 is -0.656. The lowest BCUT2D eigenvalue weighted by atomic mass is 9.65. The molecule has 4 unspecified atom stereocenters. The molecule has 1 N–H and O–H groups in total. The van der Waals surface area contributed by atoms with E-state index in [0.717, 1.165) is 24.8 Å². The Morgan fingerprint density at radius 1 is 1.17 bits per heavy atom. The van der Waals surface area contributed by atoms with Gasteiger partial charge in [0.1, 0.15) is 6.04 Å². The summed E-state index contributed by atoms with van der Waals surface area (Å²) >= 11 is 1.72. The van der Waals surface area contributed by atoms with Crippen molar-refractivity contribution in [2.75, 3.05) is 26.2 Å². The number of carbonyl (C=O) groups is 3. The first-order valence-corrected chi connectivity index (χ1v) is 16.1. The fourth-order valence-electron chi connectivity index (χ4n) is 7.48. The van der Waals surface area contributed by atoms with Crippen LogP contribution in [-0.4, -0.2) is 85.8 Å². The molecule has 1 aromatic carbocycles. The van der Waals surface area contributed by atoms with Crippen LogP contribution in [0.3, 0.4) is 0 Å². The van der Waals surface area contributed by atoms with Crippen molar-refractivity contribution in [1.82, 2.24) is 14.7 Å². The van der Waals surface area contributed by atoms with Gasteiger partial charge < -0.3 is 19.8 Å². The first-order chi connectivity index (χ1) is 19.8. The smallest absolute Gasteiger partial charge is 0.247 e. The van der Waals surface area contributed by atoms with E-state index < -0.39 is 22.6 Å². The molecule has 3 amide bonds. The molecule has 7 nitrogen and oxygen atoms in total. The number of nitrogens with zero attached hydrogens (tertiary/aromatic N) is 3. The van der Waals surface area contributed by atoms with Crippen LogP contribution < -0.4 is 0 Å². The van der Waals surface area contributed by atoms with Crippen molar-refractivity contribution >= 4 is 29.5 Å². The van der Waals surface area contributed by atoms with Crippen LogP contribution in [-0.2, 0) is 20.9 Å². The van der Waals surface area contributed by atoms with Crippen LogP contribution in [0.15, 0.2) is 55.6 Å². The van der Waals surface area contributed by atoms with Gasteiger partial charge in [-0.1, -0.05) is 62.8 Å². The second-order valence-electron chi connectivity index (χ2n) is 11.9. The number of thioether (sulfide) groups is 1. The Labute approximate surface area is 250 Å². The van der Waals surface area contributed by atoms with Crippen molar-refractivity contribution in [1.29, 1.82) is 0 Å². The molecular formula is C33H47N3O4S. The molecule has 2 bridgehead atoms. The molecule has 1 spiro atoms. The highest BCUT2D eigenvalue weighted by atomic mass is 32.2. The van der Waals surface area contributed by atoms with Crippen LogP contribution in [0.2, 0.25) is 0 Å². The number of hydrogen-bond donors (Lipinski definition) is 1. The largest absolute Gasteiger partial charge is 0.396 e. The number of likely N-dealkylation sites (tertiary alicyclic amines) is 1. The summed E-state index contributed by atoms with van der Waals surface area (Å²) in [6.07, 6.45) is 7.29. The maximum Gasteiger partial charge on any atom is 0.247 e. The Morgan fingerprint density at radius 3 is 2.51 bits per heavy atom. The number of hydrogen-bond acceptors (Lipinski definition) is 5. The van der Waals surface area contributed by atoms with Gasteiger partial charge in [-0.2, -0.15) is 0 Å². The third kappa shape index (κ3) is 5.74. The number of rotatable bonds is 15. The number of amides is 3. The number of fused-ring (bicyclic) bond motifs is 1. The molecule has 41 heavy (non-hydrogen) atoms. The Balaban J connectivity index is 1.73. The molecule has 0 aliphatic carbocycles. The minimum Gasteiger partial charge on any atom is -0.396 e. The van der Waals surface area contributed by atoms with Crippen molar-refractivity contribution in [3.8, 4) is 0 Å². The molecule has 3 fully saturated rings. The van der Waals surface area contributed by atoms with Gasteiger partial charge in [-0.05, 0) is 44.1 Å². The monoisotopic (exact) mass is 581 g/mol. The normalized spacial score (nSPS) is 28.8. The van der Waals surface area contributed by atoms with Crippen LogP contribution >= 0.6 is 11.8 Å². The molecule has 224 valence electrons. The predicted octanol–water partition coefficient (Wildman–Crippen LogP) is 4.51. The summed E-state index contributed by atoms with van der Waals surface area (Å²) in [5.74, 6) is -1.06. The molecule has 3 aliphatic rings. The van der Waals surface area contributed by atoms with Crippen LogP contribution in [0.1, 0.15) is 58.4 Å². The van der Waals surface area contributed by atoms with E-state index in [0.29, 0.717) is 39.0 Å². The van der Waals surface area contributed by atoms with Crippen LogP contribution in [0, 0.1) is 17.8 Å². The van der Waals surface area contributed by atoms with Gasteiger partial charge in [-0.25, -0.2) is 0 Å². The Bertz CT molecular complexity index is 1110. The molecule has 3 saturated heterocycles. The van der Waals surface area contributed by atoms with E-state index in [1.54, 1.807) is 28.8 Å². The third-order valence-electron chi connectivity index (χ3n) is 9.30. The summed E-state index contributed by atoms with van der Waals surface area (Å²) in [5.41, 5.74) is 1.03. The van der Waals surface area contributed by atoms with E-state index in [2.05, 4.69) is 33.9 Å². The highest BCUT2D eigenvalue weighted by molar-refractivity contribution is 8.02. The fourth-order valence-corrected chi connectivity index (χ4v) is 9.88. The number of aliphatic hydroxyl groups is 1.